The molecule has 2 heterocycles. The molecule has 5 nitrogen and oxygen atoms in total. The number of amides is 1. The molecular weight excluding hydrogens is 268 g/mol. The summed E-state index contributed by atoms with van der Waals surface area (Å²) >= 11 is 0. The molecule has 0 radical (unpaired) electrons. The third kappa shape index (κ3) is 2.70. The van der Waals surface area contributed by atoms with Crippen LogP contribution in [0, 0.1) is 5.92 Å². The van der Waals surface area contributed by atoms with E-state index < -0.39 is 0 Å². The number of rotatable bonds is 2. The first-order chi connectivity index (χ1) is 9.85. The number of nitrogens with zero attached hydrogens (tertiary/aromatic N) is 1. The van der Waals surface area contributed by atoms with E-state index in [2.05, 4.69) is 18.7 Å². The van der Waals surface area contributed by atoms with E-state index in [0.717, 1.165) is 30.7 Å². The van der Waals surface area contributed by atoms with Crippen LogP contribution in [0.2, 0.25) is 0 Å². The number of aromatic hydroxyl groups is 1. The Balaban J connectivity index is 1.91. The molecule has 0 aliphatic carbocycles. The summed E-state index contributed by atoms with van der Waals surface area (Å²) in [6.45, 7) is 5.67. The zero-order valence-corrected chi connectivity index (χ0v) is 12.5. The molecule has 3 rings (SSSR count). The Hall–Kier alpha value is -1.75. The highest BCUT2D eigenvalue weighted by atomic mass is 16.5. The lowest BCUT2D eigenvalue weighted by Crippen LogP contribution is -2.41. The smallest absolute Gasteiger partial charge is 0.221 e. The van der Waals surface area contributed by atoms with Crippen molar-refractivity contribution < 1.29 is 14.6 Å². The van der Waals surface area contributed by atoms with Crippen LogP contribution in [0.3, 0.4) is 0 Å². The molecule has 0 spiro atoms. The van der Waals surface area contributed by atoms with Crippen LogP contribution in [-0.4, -0.2) is 34.6 Å². The van der Waals surface area contributed by atoms with Crippen LogP contribution in [0.5, 0.6) is 11.5 Å². The number of carbonyl (C=O) groups excluding carboxylic acids is 1. The van der Waals surface area contributed by atoms with Crippen LogP contribution in [0.4, 0.5) is 0 Å². The molecule has 0 bridgehead atoms. The first-order valence-corrected chi connectivity index (χ1v) is 7.41. The molecule has 1 aromatic rings. The SMILES string of the molecule is CC1(C)CC(N2CCC(C(N)=O)C2)c2ccc(O)cc2O1. The Morgan fingerprint density at radius 3 is 2.90 bits per heavy atom. The number of benzene rings is 1. The van der Waals surface area contributed by atoms with Gasteiger partial charge >= 0.3 is 0 Å². The van der Waals surface area contributed by atoms with Crippen LogP contribution in [-0.2, 0) is 4.79 Å². The zero-order chi connectivity index (χ0) is 15.2. The summed E-state index contributed by atoms with van der Waals surface area (Å²) in [4.78, 5) is 13.7. The Morgan fingerprint density at radius 2 is 2.24 bits per heavy atom. The molecule has 2 aliphatic rings. The highest BCUT2D eigenvalue weighted by molar-refractivity contribution is 5.77. The minimum Gasteiger partial charge on any atom is -0.508 e. The van der Waals surface area contributed by atoms with Gasteiger partial charge in [0.25, 0.3) is 0 Å². The second kappa shape index (κ2) is 4.91. The molecule has 1 fully saturated rings. The second-order valence-electron chi connectivity index (χ2n) is 6.69. The van der Waals surface area contributed by atoms with Crippen molar-refractivity contribution in [1.29, 1.82) is 0 Å². The number of hydrogen-bond donors (Lipinski definition) is 2. The highest BCUT2D eigenvalue weighted by Crippen LogP contribution is 2.45. The molecule has 2 atom stereocenters. The maximum absolute atomic E-state index is 11.4. The molecule has 0 saturated carbocycles. The van der Waals surface area contributed by atoms with Gasteiger partial charge in [0.15, 0.2) is 0 Å². The summed E-state index contributed by atoms with van der Waals surface area (Å²) in [7, 11) is 0. The number of phenolic OH excluding ortho intramolecular Hbond substituents is 1. The predicted octanol–water partition coefficient (Wildman–Crippen LogP) is 1.80. The topological polar surface area (TPSA) is 75.8 Å². The van der Waals surface area contributed by atoms with Gasteiger partial charge in [0.1, 0.15) is 17.1 Å². The quantitative estimate of drug-likeness (QED) is 0.871. The van der Waals surface area contributed by atoms with Crippen molar-refractivity contribution in [3.05, 3.63) is 23.8 Å². The molecule has 3 N–H and O–H groups in total. The highest BCUT2D eigenvalue weighted by Gasteiger charge is 2.40. The number of nitrogens with two attached hydrogens (primary N) is 1. The lowest BCUT2D eigenvalue weighted by Gasteiger charge is -2.41. The maximum Gasteiger partial charge on any atom is 0.221 e. The molecule has 1 aromatic carbocycles. The Labute approximate surface area is 124 Å². The van der Waals surface area contributed by atoms with E-state index in [4.69, 9.17) is 10.5 Å². The standard InChI is InChI=1S/C16H22N2O3/c1-16(2)8-13(18-6-5-10(9-18)15(17)20)12-4-3-11(19)7-14(12)21-16/h3-4,7,10,13,19H,5-6,8-9H2,1-2H3,(H2,17,20). The van der Waals surface area contributed by atoms with Crippen LogP contribution in [0.15, 0.2) is 18.2 Å². The summed E-state index contributed by atoms with van der Waals surface area (Å²) in [5, 5.41) is 9.67. The van der Waals surface area contributed by atoms with E-state index >= 15 is 0 Å². The second-order valence-corrected chi connectivity index (χ2v) is 6.69. The molecule has 1 saturated heterocycles. The largest absolute Gasteiger partial charge is 0.508 e. The van der Waals surface area contributed by atoms with Crippen molar-refractivity contribution in [2.45, 2.75) is 38.3 Å². The van der Waals surface area contributed by atoms with Gasteiger partial charge in [-0.1, -0.05) is 6.07 Å². The van der Waals surface area contributed by atoms with Crippen molar-refractivity contribution in [1.82, 2.24) is 4.90 Å². The number of carbonyl (C=O) groups is 1. The Bertz CT molecular complexity index is 571. The van der Waals surface area contributed by atoms with Gasteiger partial charge < -0.3 is 15.6 Å². The Kier molecular flexibility index (Phi) is 3.32. The van der Waals surface area contributed by atoms with Crippen LogP contribution >= 0.6 is 0 Å². The number of likely N-dealkylation sites (tertiary alicyclic amines) is 1. The maximum atomic E-state index is 11.4. The number of fused-ring (bicyclic) bond motifs is 1. The van der Waals surface area contributed by atoms with Crippen molar-refractivity contribution in [2.75, 3.05) is 13.1 Å². The molecule has 1 amide bonds. The van der Waals surface area contributed by atoms with Crippen LogP contribution < -0.4 is 10.5 Å². The van der Waals surface area contributed by atoms with Gasteiger partial charge in [-0.25, -0.2) is 0 Å². The van der Waals surface area contributed by atoms with E-state index in [9.17, 15) is 9.90 Å². The monoisotopic (exact) mass is 290 g/mol. The van der Waals surface area contributed by atoms with Crippen molar-refractivity contribution >= 4 is 5.91 Å². The van der Waals surface area contributed by atoms with Gasteiger partial charge in [0, 0.05) is 30.6 Å². The number of ether oxygens (including phenoxy) is 1. The van der Waals surface area contributed by atoms with Crippen LogP contribution in [0.1, 0.15) is 38.3 Å². The summed E-state index contributed by atoms with van der Waals surface area (Å²) in [6, 6.07) is 5.48. The Morgan fingerprint density at radius 1 is 1.48 bits per heavy atom. The summed E-state index contributed by atoms with van der Waals surface area (Å²) in [6.07, 6.45) is 1.68. The molecule has 5 heteroatoms. The molecule has 0 aromatic heterocycles. The fraction of sp³-hybridized carbons (Fsp3) is 0.562. The van der Waals surface area contributed by atoms with Crippen molar-refractivity contribution in [3.8, 4) is 11.5 Å². The minimum absolute atomic E-state index is 0.0588. The fourth-order valence-corrected chi connectivity index (χ4v) is 3.43. The average molecular weight is 290 g/mol. The molecule has 2 unspecified atom stereocenters. The molecule has 2 aliphatic heterocycles. The number of hydrogen-bond acceptors (Lipinski definition) is 4. The summed E-state index contributed by atoms with van der Waals surface area (Å²) < 4.78 is 5.99. The average Bonchev–Trinajstić information content (AvgIpc) is 2.85. The van der Waals surface area contributed by atoms with Gasteiger partial charge in [-0.15, -0.1) is 0 Å². The first kappa shape index (κ1) is 14.2. The van der Waals surface area contributed by atoms with Gasteiger partial charge in [-0.2, -0.15) is 0 Å². The van der Waals surface area contributed by atoms with Gasteiger partial charge in [-0.3, -0.25) is 9.69 Å². The lowest BCUT2D eigenvalue weighted by molar-refractivity contribution is -0.121. The molecule has 21 heavy (non-hydrogen) atoms. The van der Waals surface area contributed by atoms with E-state index in [1.165, 1.54) is 0 Å². The lowest BCUT2D eigenvalue weighted by atomic mass is 9.88. The summed E-state index contributed by atoms with van der Waals surface area (Å²) in [5.41, 5.74) is 6.22. The van der Waals surface area contributed by atoms with Crippen molar-refractivity contribution in [3.63, 3.8) is 0 Å². The van der Waals surface area contributed by atoms with Crippen LogP contribution in [0.25, 0.3) is 0 Å². The van der Waals surface area contributed by atoms with E-state index in [1.54, 1.807) is 12.1 Å². The third-order valence-electron chi connectivity index (χ3n) is 4.49. The van der Waals surface area contributed by atoms with Crippen molar-refractivity contribution in [2.24, 2.45) is 11.7 Å². The minimum atomic E-state index is -0.295. The van der Waals surface area contributed by atoms with Gasteiger partial charge in [0.05, 0.1) is 5.92 Å². The molecular formula is C16H22N2O3. The molecule has 114 valence electrons. The first-order valence-electron chi connectivity index (χ1n) is 7.41. The van der Waals surface area contributed by atoms with Gasteiger partial charge in [-0.05, 0) is 32.9 Å². The third-order valence-corrected chi connectivity index (χ3v) is 4.49. The zero-order valence-electron chi connectivity index (χ0n) is 12.5. The normalized spacial score (nSPS) is 27.9. The summed E-state index contributed by atoms with van der Waals surface area (Å²) in [5.74, 6) is 0.673. The number of phenols is 1. The van der Waals surface area contributed by atoms with E-state index in [1.807, 2.05) is 6.07 Å². The predicted molar refractivity (Wildman–Crippen MR) is 79.0 cm³/mol. The fourth-order valence-electron chi connectivity index (χ4n) is 3.43. The van der Waals surface area contributed by atoms with Gasteiger partial charge in [0.2, 0.25) is 5.91 Å². The van der Waals surface area contributed by atoms with E-state index in [-0.39, 0.29) is 29.2 Å². The van der Waals surface area contributed by atoms with E-state index in [0.29, 0.717) is 6.54 Å². The number of primary amides is 1.